The van der Waals surface area contributed by atoms with Gasteiger partial charge in [-0.3, -0.25) is 20.5 Å². The molecule has 61 heavy (non-hydrogen) atoms. The molecular formula is C46H52N6O7Y2-4. The van der Waals surface area contributed by atoms with Gasteiger partial charge < -0.3 is 55.6 Å². The molecule has 0 spiro atoms. The van der Waals surface area contributed by atoms with E-state index in [0.717, 1.165) is 76.3 Å². The van der Waals surface area contributed by atoms with Gasteiger partial charge in [0.1, 0.15) is 11.5 Å². The molecule has 2 saturated heterocycles. The Kier molecular flexibility index (Phi) is 23.4. The minimum Gasteiger partial charge on any atom is -0.545 e. The molecule has 2 N–H and O–H groups in total. The van der Waals surface area contributed by atoms with Gasteiger partial charge in [0.2, 0.25) is 0 Å². The maximum atomic E-state index is 12.9. The average Bonchev–Trinajstić information content (AvgIpc) is 3.82. The molecule has 0 unspecified atom stereocenters. The molecule has 4 amide bonds. The number of furan rings is 2. The van der Waals surface area contributed by atoms with Gasteiger partial charge in [-0.15, -0.1) is 0 Å². The van der Waals surface area contributed by atoms with E-state index >= 15 is 0 Å². The standard InChI is InChI=1S/C23H25N3O3.C19H22N2O3.C4H5NO.2Y/c1-4-24-22(27)15-17(2)20-9-10-21(29-20)18-7-5-8-19(16-18)23(28)26-12-6-11-25(3)13-14-26;1-14(22)17-7-8-18(24-17)15-5-3-6-16(13-15)19(23)21-10-4-9-20(2)11-12-21;1-3-5-4(2)6;;/h5,7-10,16H,1,6,11-14H2,2-3H3,(H,24,27);3,5-8,13H,4,9-12H2,1-2H3;1-2H2,(H,5,6);;/q-2;;-2;;. The zero-order chi connectivity index (χ0) is 42.9. The number of amides is 4. The van der Waals surface area contributed by atoms with Gasteiger partial charge in [0.25, 0.3) is 11.8 Å². The van der Waals surface area contributed by atoms with Crippen molar-refractivity contribution in [2.75, 3.05) is 66.5 Å². The smallest absolute Gasteiger partial charge is 0.253 e. The molecule has 2 aromatic heterocycles. The number of hydrogen-bond donors (Lipinski definition) is 2. The van der Waals surface area contributed by atoms with Crippen molar-refractivity contribution in [2.24, 2.45) is 0 Å². The number of Topliss-reactive ketones (excluding diaryl/α,β-unsaturated/α-hetero) is 1. The van der Waals surface area contributed by atoms with E-state index in [1.165, 1.54) is 6.92 Å². The molecule has 318 valence electrons. The third-order valence-corrected chi connectivity index (χ3v) is 9.46. The number of likely N-dealkylation sites (N-methyl/N-ethyl adjacent to an activating group) is 2. The molecule has 2 radical (unpaired) electrons. The van der Waals surface area contributed by atoms with Crippen LogP contribution in [0.4, 0.5) is 0 Å². The summed E-state index contributed by atoms with van der Waals surface area (Å²) in [4.78, 5) is 66.7. The number of allylic oxidation sites excluding steroid dienone is 1. The van der Waals surface area contributed by atoms with E-state index in [-0.39, 0.29) is 88.9 Å². The van der Waals surface area contributed by atoms with Crippen molar-refractivity contribution in [3.63, 3.8) is 0 Å². The van der Waals surface area contributed by atoms with Crippen molar-refractivity contribution in [1.29, 1.82) is 0 Å². The molecule has 2 fully saturated rings. The molecule has 6 rings (SSSR count). The van der Waals surface area contributed by atoms with E-state index < -0.39 is 5.91 Å². The van der Waals surface area contributed by atoms with Crippen LogP contribution < -0.4 is 10.6 Å². The van der Waals surface area contributed by atoms with Gasteiger partial charge in [0.15, 0.2) is 11.5 Å². The molecule has 13 nitrogen and oxygen atoms in total. The molecule has 4 heterocycles. The molecule has 2 aliphatic rings. The molecule has 0 atom stereocenters. The van der Waals surface area contributed by atoms with E-state index in [2.05, 4.69) is 73.1 Å². The quantitative estimate of drug-likeness (QED) is 0.0920. The van der Waals surface area contributed by atoms with Crippen molar-refractivity contribution in [3.05, 3.63) is 134 Å². The first-order valence-corrected chi connectivity index (χ1v) is 19.2. The number of nitrogens with zero attached hydrogens (tertiary/aromatic N) is 4. The predicted octanol–water partition coefficient (Wildman–Crippen LogP) is 5.80. The Morgan fingerprint density at radius 1 is 0.623 bits per heavy atom. The second-order valence-electron chi connectivity index (χ2n) is 14.0. The van der Waals surface area contributed by atoms with Crippen LogP contribution >= 0.6 is 0 Å². The first-order valence-electron chi connectivity index (χ1n) is 19.2. The number of hydrogen-bond acceptors (Lipinski definition) is 9. The van der Waals surface area contributed by atoms with Crippen molar-refractivity contribution in [1.82, 2.24) is 30.2 Å². The van der Waals surface area contributed by atoms with E-state index in [1.54, 1.807) is 25.1 Å². The van der Waals surface area contributed by atoms with Crippen LogP contribution in [0.5, 0.6) is 0 Å². The number of carbonyl (C=O) groups is 5. The van der Waals surface area contributed by atoms with Crippen LogP contribution in [0.3, 0.4) is 0 Å². The molecule has 0 saturated carbocycles. The Bertz CT molecular complexity index is 2140. The molecule has 0 aliphatic carbocycles. The summed E-state index contributed by atoms with van der Waals surface area (Å²) in [5.74, 6) is 1.25. The molecular weight excluding hydrogens is 926 g/mol. The predicted molar refractivity (Wildman–Crippen MR) is 226 cm³/mol. The summed E-state index contributed by atoms with van der Waals surface area (Å²) in [6.07, 6.45) is 9.08. The van der Waals surface area contributed by atoms with Gasteiger partial charge >= 0.3 is 0 Å². The van der Waals surface area contributed by atoms with Crippen molar-refractivity contribution in [2.45, 2.75) is 26.7 Å². The Labute approximate surface area is 409 Å². The van der Waals surface area contributed by atoms with Crippen LogP contribution in [-0.2, 0) is 75.0 Å². The van der Waals surface area contributed by atoms with E-state index in [9.17, 15) is 24.0 Å². The van der Waals surface area contributed by atoms with E-state index in [1.807, 2.05) is 64.4 Å². The van der Waals surface area contributed by atoms with Crippen LogP contribution in [0.1, 0.15) is 63.7 Å². The summed E-state index contributed by atoms with van der Waals surface area (Å²) in [5.41, 5.74) is 3.47. The molecule has 15 heteroatoms. The Balaban J connectivity index is 0.000000364. The van der Waals surface area contributed by atoms with Gasteiger partial charge in [-0.2, -0.15) is 31.1 Å². The summed E-state index contributed by atoms with van der Waals surface area (Å²) in [5, 5.41) is 4.42. The normalized spacial score (nSPS) is 14.4. The largest absolute Gasteiger partial charge is 0.545 e. The van der Waals surface area contributed by atoms with Crippen molar-refractivity contribution >= 4 is 35.0 Å². The van der Waals surface area contributed by atoms with Crippen LogP contribution in [0.2, 0.25) is 0 Å². The molecule has 4 aromatic rings. The van der Waals surface area contributed by atoms with E-state index in [4.69, 9.17) is 8.83 Å². The summed E-state index contributed by atoms with van der Waals surface area (Å²) in [6.45, 7) is 19.4. The Hall–Kier alpha value is -4.23. The summed E-state index contributed by atoms with van der Waals surface area (Å²) < 4.78 is 11.4. The SMILES string of the molecule is C=[C-]NC(=O)[C-]=C(C)c1ccc(-c2cccc(C(=O)N3CCCN(C)CC3)c2)o1.C=[C-]NC([CH2-])=O.CC(=O)c1ccc(-c2cccc(C(=O)N3CCCN(C)CC3)c2)o1.[Y].[Y]. The summed E-state index contributed by atoms with van der Waals surface area (Å²) in [6, 6.07) is 21.9. The van der Waals surface area contributed by atoms with Crippen molar-refractivity contribution < 1.29 is 98.2 Å². The minimum atomic E-state index is -0.439. The number of rotatable bonds is 9. The third kappa shape index (κ3) is 16.9. The fourth-order valence-electron chi connectivity index (χ4n) is 6.29. The molecule has 0 bridgehead atoms. The van der Waals surface area contributed by atoms with Crippen LogP contribution in [0.15, 0.2) is 94.8 Å². The van der Waals surface area contributed by atoms with Crippen LogP contribution in [0.25, 0.3) is 28.2 Å². The third-order valence-electron chi connectivity index (χ3n) is 9.46. The van der Waals surface area contributed by atoms with Gasteiger partial charge in [-0.1, -0.05) is 43.2 Å². The number of benzene rings is 2. The van der Waals surface area contributed by atoms with Gasteiger partial charge in [0, 0.05) is 134 Å². The van der Waals surface area contributed by atoms with Gasteiger partial charge in [-0.25, -0.2) is 0 Å². The average molecular weight is 979 g/mol. The minimum absolute atomic E-state index is 0. The van der Waals surface area contributed by atoms with E-state index in [0.29, 0.717) is 39.7 Å². The topological polar surface area (TPSA) is 149 Å². The van der Waals surface area contributed by atoms with Gasteiger partial charge in [0.05, 0.1) is 0 Å². The van der Waals surface area contributed by atoms with Gasteiger partial charge in [-0.05, 0) is 94.2 Å². The fraction of sp³-hybridized carbons (Fsp3) is 0.304. The van der Waals surface area contributed by atoms with Crippen molar-refractivity contribution in [3.8, 4) is 22.6 Å². The summed E-state index contributed by atoms with van der Waals surface area (Å²) >= 11 is 0. The Morgan fingerprint density at radius 3 is 1.49 bits per heavy atom. The second kappa shape index (κ2) is 27.0. The summed E-state index contributed by atoms with van der Waals surface area (Å²) in [7, 11) is 4.16. The number of ketones is 1. The fourth-order valence-corrected chi connectivity index (χ4v) is 6.29. The maximum Gasteiger partial charge on any atom is 0.253 e. The first kappa shape index (κ1) is 52.9. The monoisotopic (exact) mass is 978 g/mol. The maximum absolute atomic E-state index is 12.9. The Morgan fingerprint density at radius 2 is 1.08 bits per heavy atom. The number of carbonyl (C=O) groups excluding carboxylic acids is 5. The molecule has 2 aliphatic heterocycles. The molecule has 2 aromatic carbocycles. The van der Waals surface area contributed by atoms with Crippen LogP contribution in [0, 0.1) is 25.4 Å². The zero-order valence-electron chi connectivity index (χ0n) is 35.4. The zero-order valence-corrected chi connectivity index (χ0v) is 41.1. The van der Waals surface area contributed by atoms with Crippen LogP contribution in [-0.4, -0.2) is 115 Å². The second-order valence-corrected chi connectivity index (χ2v) is 14.0. The number of nitrogens with one attached hydrogen (secondary N) is 2. The first-order chi connectivity index (χ1) is 28.3.